The van der Waals surface area contributed by atoms with Gasteiger partial charge in [-0.25, -0.2) is 4.98 Å². The van der Waals surface area contributed by atoms with Crippen LogP contribution in [0.25, 0.3) is 11.3 Å². The molecule has 29 heavy (non-hydrogen) atoms. The molecule has 2 atom stereocenters. The highest BCUT2D eigenvalue weighted by atomic mass is 35.5. The lowest BCUT2D eigenvalue weighted by Gasteiger charge is -2.45. The van der Waals surface area contributed by atoms with Gasteiger partial charge in [-0.3, -0.25) is 9.69 Å². The third-order valence-corrected chi connectivity index (χ3v) is 6.03. The number of piperidine rings is 1. The van der Waals surface area contributed by atoms with E-state index < -0.39 is 0 Å². The van der Waals surface area contributed by atoms with Crippen molar-refractivity contribution in [3.63, 3.8) is 0 Å². The number of aromatic nitrogens is 1. The minimum atomic E-state index is -0.0568. The molecule has 1 aromatic carbocycles. The summed E-state index contributed by atoms with van der Waals surface area (Å²) < 4.78 is 5.78. The minimum absolute atomic E-state index is 0.0219. The van der Waals surface area contributed by atoms with Crippen LogP contribution in [0.15, 0.2) is 34.9 Å². The lowest BCUT2D eigenvalue weighted by Crippen LogP contribution is -2.56. The number of carbonyl (C=O) groups is 1. The van der Waals surface area contributed by atoms with E-state index in [9.17, 15) is 4.79 Å². The van der Waals surface area contributed by atoms with E-state index in [0.717, 1.165) is 18.7 Å². The molecule has 1 aliphatic heterocycles. The van der Waals surface area contributed by atoms with Gasteiger partial charge in [-0.2, -0.15) is 0 Å². The Balaban J connectivity index is 1.48. The normalized spacial score (nSPS) is 20.6. The molecule has 1 saturated heterocycles. The number of carbonyl (C=O) groups excluding carboxylic acids is 1. The van der Waals surface area contributed by atoms with Crippen molar-refractivity contribution in [1.82, 2.24) is 15.2 Å². The maximum atomic E-state index is 12.4. The standard InChI is InChI=1S/C23H32ClN3O2/c1-16-11-17(2)14-27(13-16)23(3,4)15-26-21(28)9-10-22-25-12-20(29-22)18-7-5-6-8-19(18)24/h5-8,12,16-17H,9-11,13-15H2,1-4H3,(H,26,28). The molecule has 0 aliphatic carbocycles. The number of halogens is 1. The Bertz CT molecular complexity index is 823. The first-order valence-corrected chi connectivity index (χ1v) is 10.8. The van der Waals surface area contributed by atoms with Crippen LogP contribution in [0.1, 0.15) is 46.4 Å². The molecule has 1 fully saturated rings. The van der Waals surface area contributed by atoms with Gasteiger partial charge in [0.25, 0.3) is 0 Å². The molecule has 6 heteroatoms. The van der Waals surface area contributed by atoms with Crippen LogP contribution in [0.2, 0.25) is 5.02 Å². The van der Waals surface area contributed by atoms with Gasteiger partial charge < -0.3 is 9.73 Å². The van der Waals surface area contributed by atoms with E-state index in [1.807, 2.05) is 24.3 Å². The number of likely N-dealkylation sites (tertiary alicyclic amines) is 1. The van der Waals surface area contributed by atoms with Gasteiger partial charge in [0, 0.05) is 43.6 Å². The van der Waals surface area contributed by atoms with Crippen LogP contribution in [-0.4, -0.2) is 41.0 Å². The zero-order valence-electron chi connectivity index (χ0n) is 17.9. The number of nitrogens with one attached hydrogen (secondary N) is 1. The molecule has 0 bridgehead atoms. The Kier molecular flexibility index (Phi) is 7.01. The predicted molar refractivity (Wildman–Crippen MR) is 117 cm³/mol. The van der Waals surface area contributed by atoms with Gasteiger partial charge in [0.15, 0.2) is 11.7 Å². The quantitative estimate of drug-likeness (QED) is 0.702. The van der Waals surface area contributed by atoms with Gasteiger partial charge in [0.1, 0.15) is 0 Å². The summed E-state index contributed by atoms with van der Waals surface area (Å²) in [6, 6.07) is 7.49. The Morgan fingerprint density at radius 2 is 1.97 bits per heavy atom. The number of amides is 1. The molecule has 2 heterocycles. The monoisotopic (exact) mass is 417 g/mol. The Morgan fingerprint density at radius 3 is 2.66 bits per heavy atom. The fraction of sp³-hybridized carbons (Fsp3) is 0.565. The Hall–Kier alpha value is -1.85. The molecule has 1 aliphatic rings. The molecule has 1 aromatic heterocycles. The molecule has 0 saturated carbocycles. The van der Waals surface area contributed by atoms with Gasteiger partial charge in [-0.15, -0.1) is 0 Å². The Morgan fingerprint density at radius 1 is 1.28 bits per heavy atom. The van der Waals surface area contributed by atoms with Crippen LogP contribution in [0.3, 0.4) is 0 Å². The summed E-state index contributed by atoms with van der Waals surface area (Å²) in [7, 11) is 0. The first kappa shape index (κ1) is 21.8. The highest BCUT2D eigenvalue weighted by Crippen LogP contribution is 2.28. The number of nitrogens with zero attached hydrogens (tertiary/aromatic N) is 2. The number of oxazole rings is 1. The summed E-state index contributed by atoms with van der Waals surface area (Å²) in [5.74, 6) is 2.60. The van der Waals surface area contributed by atoms with E-state index in [4.69, 9.17) is 16.0 Å². The third-order valence-electron chi connectivity index (χ3n) is 5.70. The second-order valence-electron chi connectivity index (χ2n) is 9.04. The van der Waals surface area contributed by atoms with Crippen molar-refractivity contribution in [2.24, 2.45) is 11.8 Å². The zero-order valence-corrected chi connectivity index (χ0v) is 18.6. The smallest absolute Gasteiger partial charge is 0.220 e. The van der Waals surface area contributed by atoms with Gasteiger partial charge in [0.2, 0.25) is 5.91 Å². The maximum absolute atomic E-state index is 12.4. The van der Waals surface area contributed by atoms with Gasteiger partial charge >= 0.3 is 0 Å². The van der Waals surface area contributed by atoms with Crippen LogP contribution in [0.4, 0.5) is 0 Å². The van der Waals surface area contributed by atoms with E-state index >= 15 is 0 Å². The maximum Gasteiger partial charge on any atom is 0.220 e. The zero-order chi connectivity index (χ0) is 21.0. The third kappa shape index (κ3) is 5.83. The van der Waals surface area contributed by atoms with Crippen molar-refractivity contribution in [2.75, 3.05) is 19.6 Å². The van der Waals surface area contributed by atoms with Crippen molar-refractivity contribution in [3.05, 3.63) is 41.4 Å². The topological polar surface area (TPSA) is 58.4 Å². The van der Waals surface area contributed by atoms with Crippen molar-refractivity contribution in [1.29, 1.82) is 0 Å². The second kappa shape index (κ2) is 9.31. The fourth-order valence-corrected chi connectivity index (χ4v) is 4.33. The first-order chi connectivity index (χ1) is 13.7. The number of aryl methyl sites for hydroxylation is 1. The first-order valence-electron chi connectivity index (χ1n) is 10.5. The van der Waals surface area contributed by atoms with Crippen LogP contribution < -0.4 is 5.32 Å². The van der Waals surface area contributed by atoms with Crippen LogP contribution >= 0.6 is 11.6 Å². The molecule has 2 unspecified atom stereocenters. The van der Waals surface area contributed by atoms with Crippen LogP contribution in [-0.2, 0) is 11.2 Å². The highest BCUT2D eigenvalue weighted by Gasteiger charge is 2.32. The van der Waals surface area contributed by atoms with Crippen molar-refractivity contribution in [2.45, 2.75) is 52.5 Å². The summed E-state index contributed by atoms with van der Waals surface area (Å²) in [6.07, 6.45) is 3.77. The van der Waals surface area contributed by atoms with E-state index in [2.05, 4.69) is 42.9 Å². The second-order valence-corrected chi connectivity index (χ2v) is 9.45. The molecule has 158 valence electrons. The van der Waals surface area contributed by atoms with E-state index in [1.165, 1.54) is 6.42 Å². The van der Waals surface area contributed by atoms with E-state index in [1.54, 1.807) is 6.20 Å². The summed E-state index contributed by atoms with van der Waals surface area (Å²) >= 11 is 6.21. The number of benzene rings is 1. The minimum Gasteiger partial charge on any atom is -0.441 e. The fourth-order valence-electron chi connectivity index (χ4n) is 4.10. The molecular weight excluding hydrogens is 386 g/mol. The molecule has 2 aromatic rings. The molecule has 0 spiro atoms. The van der Waals surface area contributed by atoms with E-state index in [0.29, 0.717) is 47.9 Å². The summed E-state index contributed by atoms with van der Waals surface area (Å²) in [5.41, 5.74) is 0.753. The van der Waals surface area contributed by atoms with Crippen molar-refractivity contribution in [3.8, 4) is 11.3 Å². The molecular formula is C23H32ClN3O2. The van der Waals surface area contributed by atoms with E-state index in [-0.39, 0.29) is 11.4 Å². The molecule has 5 nitrogen and oxygen atoms in total. The molecule has 1 amide bonds. The lowest BCUT2D eigenvalue weighted by molar-refractivity contribution is -0.121. The predicted octanol–water partition coefficient (Wildman–Crippen LogP) is 4.80. The highest BCUT2D eigenvalue weighted by molar-refractivity contribution is 6.33. The van der Waals surface area contributed by atoms with Gasteiger partial charge in [0.05, 0.1) is 11.2 Å². The largest absolute Gasteiger partial charge is 0.441 e. The summed E-state index contributed by atoms with van der Waals surface area (Å²) in [6.45, 7) is 11.9. The van der Waals surface area contributed by atoms with Crippen molar-refractivity contribution < 1.29 is 9.21 Å². The number of hydrogen-bond donors (Lipinski definition) is 1. The van der Waals surface area contributed by atoms with Gasteiger partial charge in [-0.1, -0.05) is 37.6 Å². The van der Waals surface area contributed by atoms with Gasteiger partial charge in [-0.05, 0) is 44.2 Å². The summed E-state index contributed by atoms with van der Waals surface area (Å²) in [4.78, 5) is 19.2. The number of rotatable bonds is 7. The number of hydrogen-bond acceptors (Lipinski definition) is 4. The Labute approximate surface area is 178 Å². The molecule has 3 rings (SSSR count). The average molecular weight is 418 g/mol. The molecule has 1 N–H and O–H groups in total. The SMILES string of the molecule is CC1CC(C)CN(C(C)(C)CNC(=O)CCc2ncc(-c3ccccc3Cl)o2)C1. The lowest BCUT2D eigenvalue weighted by atomic mass is 9.88. The van der Waals surface area contributed by atoms with Crippen LogP contribution in [0.5, 0.6) is 0 Å². The van der Waals surface area contributed by atoms with Crippen LogP contribution in [0, 0.1) is 11.8 Å². The summed E-state index contributed by atoms with van der Waals surface area (Å²) in [5, 5.41) is 3.72. The van der Waals surface area contributed by atoms with Crippen molar-refractivity contribution >= 4 is 17.5 Å². The molecule has 0 radical (unpaired) electrons. The average Bonchev–Trinajstić information content (AvgIpc) is 3.13.